The summed E-state index contributed by atoms with van der Waals surface area (Å²) in [5, 5.41) is 42.9. The Labute approximate surface area is 230 Å². The maximum Gasteiger partial charge on any atom is 0.309 e. The number of hydrogen-bond donors (Lipinski definition) is 5. The van der Waals surface area contributed by atoms with Crippen LogP contribution in [0.5, 0.6) is 11.5 Å². The molecule has 0 spiro atoms. The van der Waals surface area contributed by atoms with E-state index in [0.29, 0.717) is 12.3 Å². The van der Waals surface area contributed by atoms with E-state index in [1.165, 1.54) is 14.0 Å². The van der Waals surface area contributed by atoms with E-state index < -0.39 is 49.1 Å². The standard InChI is InChI=1S/C29H32N2O9/c1-17(33)30-26-28(37)27(36)24(16-32)40-29(26)39-22-10-8-18(15-23(22)38-2)7-9-19-11-13-31(14-12-25(34)35)21-6-4-3-5-20(19)21/h3-11,13,15,24,26-29,32,36-37H,12,14,16H2,1-2H3,(H-,30,33,34,35)/p+1/b9-7+/t24-,26-,27-,28-,29-/m1/s1. The molecule has 1 fully saturated rings. The fourth-order valence-electron chi connectivity index (χ4n) is 4.63. The number of benzene rings is 2. The van der Waals surface area contributed by atoms with Gasteiger partial charge in [0.2, 0.25) is 17.7 Å². The van der Waals surface area contributed by atoms with Gasteiger partial charge in [-0.3, -0.25) is 9.59 Å². The average molecular weight is 554 g/mol. The van der Waals surface area contributed by atoms with Crippen molar-refractivity contribution in [3.05, 3.63) is 65.9 Å². The first-order chi connectivity index (χ1) is 19.2. The van der Waals surface area contributed by atoms with Gasteiger partial charge in [-0.1, -0.05) is 30.4 Å². The molecule has 4 rings (SSSR count). The van der Waals surface area contributed by atoms with Crippen molar-refractivity contribution in [1.29, 1.82) is 0 Å². The van der Waals surface area contributed by atoms with E-state index in [0.717, 1.165) is 22.0 Å². The largest absolute Gasteiger partial charge is 0.493 e. The van der Waals surface area contributed by atoms with Crippen molar-refractivity contribution in [2.45, 2.75) is 50.5 Å². The van der Waals surface area contributed by atoms with E-state index >= 15 is 0 Å². The summed E-state index contributed by atoms with van der Waals surface area (Å²) in [6.07, 6.45) is 0.557. The van der Waals surface area contributed by atoms with Crippen LogP contribution in [0.1, 0.15) is 24.5 Å². The number of carboxylic acid groups (broad SMARTS) is 1. The molecule has 3 aromatic rings. The molecule has 5 atom stereocenters. The molecule has 11 heteroatoms. The lowest BCUT2D eigenvalue weighted by molar-refractivity contribution is -0.670. The molecule has 1 aliphatic rings. The van der Waals surface area contributed by atoms with Crippen LogP contribution in [-0.2, 0) is 20.9 Å². The Morgan fingerprint density at radius 3 is 2.55 bits per heavy atom. The highest BCUT2D eigenvalue weighted by molar-refractivity contribution is 5.88. The van der Waals surface area contributed by atoms with E-state index in [9.17, 15) is 24.9 Å². The number of aromatic nitrogens is 1. The molecule has 2 aromatic carbocycles. The van der Waals surface area contributed by atoms with Crippen LogP contribution in [0, 0.1) is 0 Å². The zero-order valence-corrected chi connectivity index (χ0v) is 22.1. The van der Waals surface area contributed by atoms with E-state index in [1.54, 1.807) is 18.2 Å². The number of hydrogen-bond acceptors (Lipinski definition) is 8. The van der Waals surface area contributed by atoms with Crippen molar-refractivity contribution in [2.75, 3.05) is 13.7 Å². The number of fused-ring (bicyclic) bond motifs is 1. The summed E-state index contributed by atoms with van der Waals surface area (Å²) in [6.45, 7) is 1.07. The minimum Gasteiger partial charge on any atom is -0.493 e. The number of aliphatic hydroxyl groups is 3. The van der Waals surface area contributed by atoms with Gasteiger partial charge in [0.25, 0.3) is 0 Å². The third-order valence-corrected chi connectivity index (χ3v) is 6.66. The summed E-state index contributed by atoms with van der Waals surface area (Å²) in [5.74, 6) is -0.684. The van der Waals surface area contributed by atoms with Gasteiger partial charge >= 0.3 is 5.97 Å². The first-order valence-corrected chi connectivity index (χ1v) is 12.8. The molecule has 0 aliphatic carbocycles. The Balaban J connectivity index is 1.57. The molecule has 1 aromatic heterocycles. The Morgan fingerprint density at radius 1 is 1.07 bits per heavy atom. The number of amides is 1. The lowest BCUT2D eigenvalue weighted by Gasteiger charge is -2.42. The summed E-state index contributed by atoms with van der Waals surface area (Å²) < 4.78 is 19.0. The second-order valence-corrected chi connectivity index (χ2v) is 9.42. The number of carbonyl (C=O) groups excluding carboxylic acids is 1. The van der Waals surface area contributed by atoms with Crippen LogP contribution in [0.3, 0.4) is 0 Å². The van der Waals surface area contributed by atoms with Crippen molar-refractivity contribution >= 4 is 34.9 Å². The molecule has 1 aliphatic heterocycles. The molecule has 11 nitrogen and oxygen atoms in total. The minimum absolute atomic E-state index is 0.0235. The van der Waals surface area contributed by atoms with Crippen LogP contribution in [0.15, 0.2) is 54.7 Å². The molecule has 1 amide bonds. The number of aryl methyl sites for hydroxylation is 1. The number of pyridine rings is 1. The van der Waals surface area contributed by atoms with Gasteiger partial charge in [0.1, 0.15) is 30.8 Å². The van der Waals surface area contributed by atoms with Gasteiger partial charge in [-0.05, 0) is 29.3 Å². The number of aliphatic hydroxyl groups excluding tert-OH is 3. The second kappa shape index (κ2) is 12.9. The highest BCUT2D eigenvalue weighted by Gasteiger charge is 2.46. The molecule has 0 saturated carbocycles. The first kappa shape index (κ1) is 29.0. The summed E-state index contributed by atoms with van der Waals surface area (Å²) in [4.78, 5) is 22.7. The van der Waals surface area contributed by atoms with Crippen LogP contribution >= 0.6 is 0 Å². The van der Waals surface area contributed by atoms with Crippen molar-refractivity contribution < 1.29 is 48.8 Å². The Hall–Kier alpha value is -4.03. The number of para-hydroxylation sites is 1. The number of carboxylic acids is 1. The molecule has 0 unspecified atom stereocenters. The highest BCUT2D eigenvalue weighted by atomic mass is 16.7. The van der Waals surface area contributed by atoms with Crippen LogP contribution < -0.4 is 19.4 Å². The van der Waals surface area contributed by atoms with Crippen LogP contribution in [0.4, 0.5) is 0 Å². The van der Waals surface area contributed by atoms with Gasteiger partial charge in [-0.2, -0.15) is 4.57 Å². The number of aliphatic carboxylic acids is 1. The van der Waals surface area contributed by atoms with Gasteiger partial charge in [0.05, 0.1) is 19.1 Å². The third-order valence-electron chi connectivity index (χ3n) is 6.66. The summed E-state index contributed by atoms with van der Waals surface area (Å²) in [5.41, 5.74) is 2.65. The Morgan fingerprint density at radius 2 is 1.85 bits per heavy atom. The van der Waals surface area contributed by atoms with Crippen molar-refractivity contribution in [3.63, 3.8) is 0 Å². The maximum absolute atomic E-state index is 11.7. The Kier molecular flexibility index (Phi) is 9.33. The predicted molar refractivity (Wildman–Crippen MR) is 144 cm³/mol. The number of nitrogens with zero attached hydrogens (tertiary/aromatic N) is 1. The summed E-state index contributed by atoms with van der Waals surface area (Å²) in [6, 6.07) is 13.8. The summed E-state index contributed by atoms with van der Waals surface area (Å²) >= 11 is 0. The number of rotatable bonds is 10. The molecule has 1 saturated heterocycles. The molecule has 2 heterocycles. The van der Waals surface area contributed by atoms with E-state index in [4.69, 9.17) is 19.3 Å². The normalized spacial score (nSPS) is 22.8. The zero-order valence-electron chi connectivity index (χ0n) is 22.1. The smallest absolute Gasteiger partial charge is 0.309 e. The van der Waals surface area contributed by atoms with Gasteiger partial charge in [0.15, 0.2) is 24.2 Å². The minimum atomic E-state index is -1.43. The number of carbonyl (C=O) groups is 2. The van der Waals surface area contributed by atoms with Gasteiger partial charge in [-0.25, -0.2) is 0 Å². The van der Waals surface area contributed by atoms with Gasteiger partial charge < -0.3 is 40.0 Å². The van der Waals surface area contributed by atoms with Gasteiger partial charge in [0, 0.05) is 19.1 Å². The summed E-state index contributed by atoms with van der Waals surface area (Å²) in [7, 11) is 1.47. The van der Waals surface area contributed by atoms with Crippen LogP contribution in [0.2, 0.25) is 0 Å². The number of methoxy groups -OCH3 is 1. The van der Waals surface area contributed by atoms with Crippen molar-refractivity contribution in [1.82, 2.24) is 5.32 Å². The average Bonchev–Trinajstić information content (AvgIpc) is 2.95. The molecule has 0 radical (unpaired) electrons. The van der Waals surface area contributed by atoms with Crippen LogP contribution in [0.25, 0.3) is 23.1 Å². The molecular weight excluding hydrogens is 520 g/mol. The molecule has 0 bridgehead atoms. The Bertz CT molecular complexity index is 1390. The topological polar surface area (TPSA) is 159 Å². The maximum atomic E-state index is 11.7. The predicted octanol–water partition coefficient (Wildman–Crippen LogP) is 1.10. The van der Waals surface area contributed by atoms with E-state index in [1.807, 2.05) is 53.2 Å². The van der Waals surface area contributed by atoms with Crippen molar-refractivity contribution in [3.8, 4) is 11.5 Å². The molecular formula is C29H33N2O9+. The molecule has 5 N–H and O–H groups in total. The first-order valence-electron chi connectivity index (χ1n) is 12.8. The third kappa shape index (κ3) is 6.57. The number of nitrogens with one attached hydrogen (secondary N) is 1. The monoisotopic (exact) mass is 553 g/mol. The van der Waals surface area contributed by atoms with Gasteiger partial charge in [-0.15, -0.1) is 0 Å². The number of ether oxygens (including phenoxy) is 3. The lowest BCUT2D eigenvalue weighted by atomic mass is 9.97. The fourth-order valence-corrected chi connectivity index (χ4v) is 4.63. The van der Waals surface area contributed by atoms with Crippen LogP contribution in [-0.4, -0.2) is 76.7 Å². The second-order valence-electron chi connectivity index (χ2n) is 9.42. The zero-order chi connectivity index (χ0) is 28.8. The van der Waals surface area contributed by atoms with E-state index in [-0.39, 0.29) is 12.2 Å². The van der Waals surface area contributed by atoms with Crippen molar-refractivity contribution in [2.24, 2.45) is 0 Å². The molecule has 40 heavy (non-hydrogen) atoms. The molecule has 212 valence electrons. The lowest BCUT2D eigenvalue weighted by Crippen LogP contribution is -2.65. The van der Waals surface area contributed by atoms with E-state index in [2.05, 4.69) is 5.32 Å². The highest BCUT2D eigenvalue weighted by Crippen LogP contribution is 2.33. The fraction of sp³-hybridized carbons (Fsp3) is 0.345. The quantitative estimate of drug-likeness (QED) is 0.232. The SMILES string of the molecule is COc1cc(/C=C/c2cc[n+](CCC(=O)O)c3ccccc23)ccc1O[C@@H]1O[C@H](CO)[C@@H](O)[C@H](O)[C@H]1NC(C)=O.